The summed E-state index contributed by atoms with van der Waals surface area (Å²) in [5, 5.41) is 0. The predicted octanol–water partition coefficient (Wildman–Crippen LogP) is 8.15. The van der Waals surface area contributed by atoms with Gasteiger partial charge in [0.15, 0.2) is 0 Å². The van der Waals surface area contributed by atoms with Gasteiger partial charge >= 0.3 is 5.97 Å². The Balaban J connectivity index is 3.69. The Labute approximate surface area is 164 Å². The van der Waals surface area contributed by atoms with Crippen LogP contribution in [0.25, 0.3) is 0 Å². The highest BCUT2D eigenvalue weighted by atomic mass is 16.5. The summed E-state index contributed by atoms with van der Waals surface area (Å²) >= 11 is 0. The number of carbonyl (C=O) groups excluding carboxylic acids is 1. The van der Waals surface area contributed by atoms with Gasteiger partial charge in [0.1, 0.15) is 0 Å². The van der Waals surface area contributed by atoms with Crippen molar-refractivity contribution >= 4 is 5.97 Å². The summed E-state index contributed by atoms with van der Waals surface area (Å²) in [6.07, 6.45) is 25.2. The van der Waals surface area contributed by atoms with Crippen LogP contribution in [0.15, 0.2) is 11.6 Å². The summed E-state index contributed by atoms with van der Waals surface area (Å²) < 4.78 is 4.95. The molecule has 26 heavy (non-hydrogen) atoms. The van der Waals surface area contributed by atoms with Crippen LogP contribution >= 0.6 is 0 Å². The molecule has 154 valence electrons. The van der Waals surface area contributed by atoms with Gasteiger partial charge in [0.25, 0.3) is 0 Å². The maximum Gasteiger partial charge on any atom is 0.333 e. The van der Waals surface area contributed by atoms with Crippen molar-refractivity contribution in [1.82, 2.24) is 0 Å². The van der Waals surface area contributed by atoms with Gasteiger partial charge in [-0.25, -0.2) is 4.79 Å². The fourth-order valence-electron chi connectivity index (χ4n) is 3.42. The average Bonchev–Trinajstić information content (AvgIpc) is 2.66. The smallest absolute Gasteiger partial charge is 0.333 e. The van der Waals surface area contributed by atoms with E-state index >= 15 is 0 Å². The molecule has 0 rings (SSSR count). The van der Waals surface area contributed by atoms with Gasteiger partial charge in [-0.05, 0) is 25.7 Å². The van der Waals surface area contributed by atoms with E-state index in [0.717, 1.165) is 24.8 Å². The quantitative estimate of drug-likeness (QED) is 0.131. The third-order valence-electron chi connectivity index (χ3n) is 5.20. The molecule has 2 heteroatoms. The van der Waals surface area contributed by atoms with Crippen molar-refractivity contribution in [2.45, 2.75) is 129 Å². The number of methoxy groups -OCH3 is 1. The van der Waals surface area contributed by atoms with E-state index in [1.807, 2.05) is 0 Å². The zero-order chi connectivity index (χ0) is 19.3. The Bertz CT molecular complexity index is 333. The second-order valence-corrected chi connectivity index (χ2v) is 7.71. The Kier molecular flexibility index (Phi) is 19.9. The highest BCUT2D eigenvalue weighted by molar-refractivity contribution is 5.88. The number of allylic oxidation sites excluding steroid dienone is 1. The molecule has 0 spiro atoms. The lowest BCUT2D eigenvalue weighted by atomic mass is 10.0. The predicted molar refractivity (Wildman–Crippen MR) is 115 cm³/mol. The van der Waals surface area contributed by atoms with Gasteiger partial charge < -0.3 is 4.74 Å². The number of unbranched alkanes of at least 4 members (excludes halogenated alkanes) is 15. The van der Waals surface area contributed by atoms with Gasteiger partial charge in [-0.1, -0.05) is 110 Å². The molecule has 0 heterocycles. The Morgan fingerprint density at radius 3 is 1.54 bits per heavy atom. The lowest BCUT2D eigenvalue weighted by Crippen LogP contribution is -2.05. The number of rotatable bonds is 19. The van der Waals surface area contributed by atoms with Crippen molar-refractivity contribution < 1.29 is 9.53 Å². The van der Waals surface area contributed by atoms with Gasteiger partial charge in [-0.2, -0.15) is 0 Å². The SMILES string of the molecule is CCCCCCCC=C(CCCCCCCCCCCCC)C(=O)OC. The van der Waals surface area contributed by atoms with Gasteiger partial charge in [-0.15, -0.1) is 0 Å². The van der Waals surface area contributed by atoms with E-state index in [9.17, 15) is 4.79 Å². The molecule has 0 unspecified atom stereocenters. The normalized spacial score (nSPS) is 11.7. The van der Waals surface area contributed by atoms with E-state index in [0.29, 0.717) is 0 Å². The minimum atomic E-state index is -0.120. The zero-order valence-corrected chi connectivity index (χ0v) is 18.1. The Morgan fingerprint density at radius 2 is 1.08 bits per heavy atom. The molecule has 0 saturated heterocycles. The first kappa shape index (κ1) is 25.2. The van der Waals surface area contributed by atoms with Crippen LogP contribution in [0.5, 0.6) is 0 Å². The third-order valence-corrected chi connectivity index (χ3v) is 5.20. The van der Waals surface area contributed by atoms with Crippen LogP contribution < -0.4 is 0 Å². The Morgan fingerprint density at radius 1 is 0.654 bits per heavy atom. The molecule has 0 bridgehead atoms. The topological polar surface area (TPSA) is 26.3 Å². The monoisotopic (exact) mass is 366 g/mol. The highest BCUT2D eigenvalue weighted by Gasteiger charge is 2.08. The van der Waals surface area contributed by atoms with E-state index in [2.05, 4.69) is 19.9 Å². The second kappa shape index (κ2) is 20.5. The number of esters is 1. The van der Waals surface area contributed by atoms with Gasteiger partial charge in [0, 0.05) is 5.57 Å². The van der Waals surface area contributed by atoms with Crippen LogP contribution in [-0.4, -0.2) is 13.1 Å². The summed E-state index contributed by atoms with van der Waals surface area (Å²) in [6, 6.07) is 0. The number of ether oxygens (including phenoxy) is 1. The molecule has 0 saturated carbocycles. The molecule has 2 nitrogen and oxygen atoms in total. The fourth-order valence-corrected chi connectivity index (χ4v) is 3.42. The highest BCUT2D eigenvalue weighted by Crippen LogP contribution is 2.16. The maximum absolute atomic E-state index is 11.9. The fraction of sp³-hybridized carbons (Fsp3) is 0.875. The number of hydrogen-bond acceptors (Lipinski definition) is 2. The number of carbonyl (C=O) groups is 1. The van der Waals surface area contributed by atoms with Crippen LogP contribution in [-0.2, 0) is 9.53 Å². The zero-order valence-electron chi connectivity index (χ0n) is 18.1. The molecule has 0 N–H and O–H groups in total. The van der Waals surface area contributed by atoms with Crippen molar-refractivity contribution in [3.8, 4) is 0 Å². The first-order valence-electron chi connectivity index (χ1n) is 11.5. The molecule has 0 aliphatic carbocycles. The molecule has 0 aliphatic heterocycles. The molecular weight excluding hydrogens is 320 g/mol. The summed E-state index contributed by atoms with van der Waals surface area (Å²) in [5.41, 5.74) is 0.902. The molecule has 0 amide bonds. The van der Waals surface area contributed by atoms with Crippen LogP contribution in [0.3, 0.4) is 0 Å². The van der Waals surface area contributed by atoms with Gasteiger partial charge in [0.05, 0.1) is 7.11 Å². The van der Waals surface area contributed by atoms with Crippen LogP contribution in [0.2, 0.25) is 0 Å². The van der Waals surface area contributed by atoms with Crippen molar-refractivity contribution in [2.75, 3.05) is 7.11 Å². The van der Waals surface area contributed by atoms with Crippen molar-refractivity contribution in [2.24, 2.45) is 0 Å². The molecule has 0 radical (unpaired) electrons. The molecule has 0 aromatic rings. The first-order valence-corrected chi connectivity index (χ1v) is 11.5. The standard InChI is InChI=1S/C24H46O2/c1-4-6-8-10-12-13-14-15-16-18-20-22-23(24(25)26-3)21-19-17-11-9-7-5-2/h21H,4-20,22H2,1-3H3. The van der Waals surface area contributed by atoms with Crippen LogP contribution in [0.1, 0.15) is 129 Å². The lowest BCUT2D eigenvalue weighted by molar-refractivity contribution is -0.136. The van der Waals surface area contributed by atoms with E-state index in [1.165, 1.54) is 103 Å². The van der Waals surface area contributed by atoms with Crippen molar-refractivity contribution in [1.29, 1.82) is 0 Å². The third kappa shape index (κ3) is 16.7. The molecule has 0 aromatic carbocycles. The van der Waals surface area contributed by atoms with E-state index in [4.69, 9.17) is 4.74 Å². The minimum absolute atomic E-state index is 0.120. The summed E-state index contributed by atoms with van der Waals surface area (Å²) in [7, 11) is 1.50. The van der Waals surface area contributed by atoms with Crippen LogP contribution in [0.4, 0.5) is 0 Å². The minimum Gasteiger partial charge on any atom is -0.466 e. The average molecular weight is 367 g/mol. The van der Waals surface area contributed by atoms with E-state index < -0.39 is 0 Å². The largest absolute Gasteiger partial charge is 0.466 e. The van der Waals surface area contributed by atoms with E-state index in [-0.39, 0.29) is 5.97 Å². The second-order valence-electron chi connectivity index (χ2n) is 7.71. The summed E-state index contributed by atoms with van der Waals surface area (Å²) in [6.45, 7) is 4.51. The van der Waals surface area contributed by atoms with Crippen molar-refractivity contribution in [3.05, 3.63) is 11.6 Å². The molecule has 0 aliphatic rings. The van der Waals surface area contributed by atoms with Gasteiger partial charge in [-0.3, -0.25) is 0 Å². The maximum atomic E-state index is 11.9. The van der Waals surface area contributed by atoms with E-state index in [1.54, 1.807) is 0 Å². The molecule has 0 fully saturated rings. The first-order chi connectivity index (χ1) is 12.8. The molecule has 0 aromatic heterocycles. The number of hydrogen-bond donors (Lipinski definition) is 0. The Hall–Kier alpha value is -0.790. The summed E-state index contributed by atoms with van der Waals surface area (Å²) in [4.78, 5) is 11.9. The van der Waals surface area contributed by atoms with Crippen LogP contribution in [0, 0.1) is 0 Å². The van der Waals surface area contributed by atoms with Gasteiger partial charge in [0.2, 0.25) is 0 Å². The van der Waals surface area contributed by atoms with Crippen molar-refractivity contribution in [3.63, 3.8) is 0 Å². The summed E-state index contributed by atoms with van der Waals surface area (Å²) in [5.74, 6) is -0.120. The molecular formula is C24H46O2. The lowest BCUT2D eigenvalue weighted by Gasteiger charge is -2.06. The molecule has 0 atom stereocenters.